The molecule has 0 amide bonds. The lowest BCUT2D eigenvalue weighted by molar-refractivity contribution is 0.457. The Morgan fingerprint density at radius 3 is 1.43 bits per heavy atom. The van der Waals surface area contributed by atoms with Crippen molar-refractivity contribution in [1.29, 1.82) is 10.8 Å². The van der Waals surface area contributed by atoms with E-state index < -0.39 is 0 Å². The highest BCUT2D eigenvalue weighted by molar-refractivity contribution is 5.95. The summed E-state index contributed by atoms with van der Waals surface area (Å²) in [4.78, 5) is 0. The maximum absolute atomic E-state index is 7.68. The quantitative estimate of drug-likeness (QED) is 0.201. The lowest BCUT2D eigenvalue weighted by Gasteiger charge is -2.19. The maximum atomic E-state index is 7.68. The molecule has 0 aliphatic rings. The molecule has 9 N–H and O–H groups in total. The van der Waals surface area contributed by atoms with Crippen molar-refractivity contribution in [3.8, 4) is 0 Å². The molecule has 0 saturated heterocycles. The van der Waals surface area contributed by atoms with Crippen molar-refractivity contribution >= 4 is 11.9 Å². The molecule has 0 aliphatic heterocycles. The van der Waals surface area contributed by atoms with Gasteiger partial charge in [0.2, 0.25) is 0 Å². The van der Waals surface area contributed by atoms with Gasteiger partial charge in [-0.25, -0.2) is 0 Å². The summed E-state index contributed by atoms with van der Waals surface area (Å²) < 4.78 is 0. The summed E-state index contributed by atoms with van der Waals surface area (Å²) in [6.45, 7) is 9.28. The van der Waals surface area contributed by atoms with Crippen LogP contribution in [0.3, 0.4) is 0 Å². The fourth-order valence-electron chi connectivity index (χ4n) is 1.73. The van der Waals surface area contributed by atoms with Gasteiger partial charge in [-0.15, -0.1) is 0 Å². The molecule has 21 heavy (non-hydrogen) atoms. The third-order valence-electron chi connectivity index (χ3n) is 2.85. The predicted octanol–water partition coefficient (Wildman–Crippen LogP) is 0.660. The minimum absolute atomic E-state index is 0.126. The van der Waals surface area contributed by atoms with Gasteiger partial charge in [0.15, 0.2) is 11.9 Å². The van der Waals surface area contributed by atoms with Crippen molar-refractivity contribution in [1.82, 2.24) is 16.0 Å². The van der Waals surface area contributed by atoms with Crippen LogP contribution in [0.1, 0.15) is 53.4 Å². The van der Waals surface area contributed by atoms with Crippen LogP contribution in [0.2, 0.25) is 0 Å². The van der Waals surface area contributed by atoms with Gasteiger partial charge in [-0.3, -0.25) is 16.1 Å². The predicted molar refractivity (Wildman–Crippen MR) is 89.6 cm³/mol. The van der Waals surface area contributed by atoms with Gasteiger partial charge in [0, 0.05) is 24.2 Å². The van der Waals surface area contributed by atoms with E-state index in [0.29, 0.717) is 13.1 Å². The molecule has 0 aliphatic carbocycles. The number of hydrogen-bond donors (Lipinski definition) is 7. The Kier molecular flexibility index (Phi) is 8.27. The number of nitrogens with one attached hydrogen (secondary N) is 5. The molecular formula is C14H33N7. The first-order valence-electron chi connectivity index (χ1n) is 7.49. The minimum Gasteiger partial charge on any atom is -0.356 e. The van der Waals surface area contributed by atoms with Crippen molar-refractivity contribution in [3.63, 3.8) is 0 Å². The molecule has 0 aromatic heterocycles. The van der Waals surface area contributed by atoms with Crippen LogP contribution in [0, 0.1) is 10.8 Å². The van der Waals surface area contributed by atoms with E-state index in [9.17, 15) is 0 Å². The van der Waals surface area contributed by atoms with Crippen molar-refractivity contribution in [3.05, 3.63) is 0 Å². The number of rotatable bonds is 8. The zero-order chi connectivity index (χ0) is 16.5. The number of hydrogen-bond acceptors (Lipinski definition) is 4. The Morgan fingerprint density at radius 2 is 1.14 bits per heavy atom. The topological polar surface area (TPSA) is 136 Å². The molecular weight excluding hydrogens is 266 g/mol. The highest BCUT2D eigenvalue weighted by atomic mass is 15.2. The second-order valence-electron chi connectivity index (χ2n) is 6.91. The Hall–Kier alpha value is -1.34. The largest absolute Gasteiger partial charge is 0.356 e. The first kappa shape index (κ1) is 19.7. The lowest BCUT2D eigenvalue weighted by Crippen LogP contribution is -2.46. The summed E-state index contributed by atoms with van der Waals surface area (Å²) in [7, 11) is 0. The highest BCUT2D eigenvalue weighted by Gasteiger charge is 2.10. The fourth-order valence-corrected chi connectivity index (χ4v) is 1.73. The zero-order valence-corrected chi connectivity index (χ0v) is 13.9. The molecule has 0 spiro atoms. The van der Waals surface area contributed by atoms with Gasteiger partial charge in [-0.05, 0) is 53.4 Å². The fraction of sp³-hybridized carbons (Fsp3) is 0.857. The molecule has 124 valence electrons. The molecule has 0 aromatic rings. The maximum Gasteiger partial charge on any atom is 0.195 e. The Morgan fingerprint density at radius 1 is 0.810 bits per heavy atom. The van der Waals surface area contributed by atoms with E-state index in [1.165, 1.54) is 0 Å². The van der Waals surface area contributed by atoms with E-state index in [1.807, 2.05) is 27.7 Å². The Balaban J connectivity index is 3.64. The van der Waals surface area contributed by atoms with Crippen LogP contribution in [-0.4, -0.2) is 36.1 Å². The first-order valence-corrected chi connectivity index (χ1v) is 7.49. The molecule has 7 heteroatoms. The van der Waals surface area contributed by atoms with Gasteiger partial charge in [-0.1, -0.05) is 0 Å². The first-order chi connectivity index (χ1) is 9.49. The average molecular weight is 299 g/mol. The summed E-state index contributed by atoms with van der Waals surface area (Å²) in [5, 5.41) is 23.8. The second kappa shape index (κ2) is 8.84. The summed E-state index contributed by atoms with van der Waals surface area (Å²) in [5.41, 5.74) is 11.4. The van der Waals surface area contributed by atoms with Gasteiger partial charge >= 0.3 is 0 Å². The lowest BCUT2D eigenvalue weighted by atomic mass is 10.0. The van der Waals surface area contributed by atoms with Crippen molar-refractivity contribution in [2.45, 2.75) is 64.5 Å². The molecule has 0 fully saturated rings. The second-order valence-corrected chi connectivity index (χ2v) is 6.91. The summed E-state index contributed by atoms with van der Waals surface area (Å²) >= 11 is 0. The molecule has 0 rings (SSSR count). The van der Waals surface area contributed by atoms with E-state index in [1.54, 1.807) is 0 Å². The van der Waals surface area contributed by atoms with Gasteiger partial charge < -0.3 is 22.1 Å². The molecule has 0 radical (unpaired) electrons. The van der Waals surface area contributed by atoms with Gasteiger partial charge in [-0.2, -0.15) is 0 Å². The Labute approximate surface area is 128 Å². The van der Waals surface area contributed by atoms with Crippen LogP contribution in [0.25, 0.3) is 0 Å². The van der Waals surface area contributed by atoms with Crippen LogP contribution in [0.5, 0.6) is 0 Å². The standard InChI is InChI=1S/C14H33N7/c1-13(2,17)7-5-9-19-11(15)21-12(16)20-10-6-8-14(3,4)18/h5-10,17-18H2,1-4H3,(H5,15,16,19,20,21). The van der Waals surface area contributed by atoms with Crippen molar-refractivity contribution in [2.24, 2.45) is 11.5 Å². The summed E-state index contributed by atoms with van der Waals surface area (Å²) in [6.07, 6.45) is 3.55. The Bertz CT molecular complexity index is 293. The van der Waals surface area contributed by atoms with E-state index in [4.69, 9.17) is 22.3 Å². The van der Waals surface area contributed by atoms with Crippen LogP contribution >= 0.6 is 0 Å². The molecule has 0 bridgehead atoms. The van der Waals surface area contributed by atoms with Gasteiger partial charge in [0.05, 0.1) is 0 Å². The van der Waals surface area contributed by atoms with Crippen LogP contribution in [0.15, 0.2) is 0 Å². The minimum atomic E-state index is -0.178. The van der Waals surface area contributed by atoms with E-state index in [2.05, 4.69) is 16.0 Å². The highest BCUT2D eigenvalue weighted by Crippen LogP contribution is 2.06. The number of nitrogens with two attached hydrogens (primary N) is 2. The van der Waals surface area contributed by atoms with Crippen LogP contribution in [-0.2, 0) is 0 Å². The molecule has 0 aromatic carbocycles. The third-order valence-corrected chi connectivity index (χ3v) is 2.85. The monoisotopic (exact) mass is 299 g/mol. The smallest absolute Gasteiger partial charge is 0.195 e. The summed E-state index contributed by atoms with van der Waals surface area (Å²) in [6, 6.07) is 0. The molecule has 0 heterocycles. The van der Waals surface area contributed by atoms with Crippen molar-refractivity contribution < 1.29 is 0 Å². The summed E-state index contributed by atoms with van der Waals surface area (Å²) in [5.74, 6) is 0.253. The van der Waals surface area contributed by atoms with Crippen molar-refractivity contribution in [2.75, 3.05) is 13.1 Å². The van der Waals surface area contributed by atoms with Gasteiger partial charge in [0.25, 0.3) is 0 Å². The average Bonchev–Trinajstić information content (AvgIpc) is 2.28. The van der Waals surface area contributed by atoms with E-state index in [-0.39, 0.29) is 23.0 Å². The number of guanidine groups is 2. The van der Waals surface area contributed by atoms with Gasteiger partial charge in [0.1, 0.15) is 0 Å². The SMILES string of the molecule is CC(C)(N)CCCNC(=N)NC(=N)NCCCC(C)(C)N. The molecule has 7 nitrogen and oxygen atoms in total. The van der Waals surface area contributed by atoms with Crippen LogP contribution in [0.4, 0.5) is 0 Å². The molecule has 0 atom stereocenters. The molecule has 0 unspecified atom stereocenters. The van der Waals surface area contributed by atoms with E-state index in [0.717, 1.165) is 25.7 Å². The van der Waals surface area contributed by atoms with E-state index >= 15 is 0 Å². The zero-order valence-electron chi connectivity index (χ0n) is 13.9. The van der Waals surface area contributed by atoms with Crippen LogP contribution < -0.4 is 27.4 Å². The third kappa shape index (κ3) is 14.9. The molecule has 0 saturated carbocycles. The normalized spacial score (nSPS) is 11.9.